The molecule has 4 aromatic carbocycles. The molecule has 0 aromatic heterocycles. The zero-order valence-corrected chi connectivity index (χ0v) is 25.2. The number of rotatable bonds is 13. The van der Waals surface area contributed by atoms with E-state index >= 15 is 0 Å². The van der Waals surface area contributed by atoms with Crippen molar-refractivity contribution in [2.75, 3.05) is 37.5 Å². The van der Waals surface area contributed by atoms with Gasteiger partial charge in [0.15, 0.2) is 0 Å². The van der Waals surface area contributed by atoms with Crippen LogP contribution in [-0.2, 0) is 6.54 Å². The normalized spacial score (nSPS) is 10.8. The Kier molecular flexibility index (Phi) is 11.3. The van der Waals surface area contributed by atoms with Gasteiger partial charge >= 0.3 is 0 Å². The lowest BCUT2D eigenvalue weighted by Gasteiger charge is -2.19. The monoisotopic (exact) mass is 627 g/mol. The Morgan fingerprint density at radius 3 is 2.38 bits per heavy atom. The van der Waals surface area contributed by atoms with Gasteiger partial charge in [-0.3, -0.25) is 9.59 Å². The Bertz CT molecular complexity index is 1490. The Morgan fingerprint density at radius 2 is 1.67 bits per heavy atom. The summed E-state index contributed by atoms with van der Waals surface area (Å²) in [5.74, 6) is -0.0281. The molecule has 8 nitrogen and oxygen atoms in total. The third-order valence-corrected chi connectivity index (χ3v) is 7.05. The van der Waals surface area contributed by atoms with Gasteiger partial charge in [0.2, 0.25) is 0 Å². The van der Waals surface area contributed by atoms with E-state index < -0.39 is 5.91 Å². The van der Waals surface area contributed by atoms with Crippen molar-refractivity contribution in [3.8, 4) is 5.75 Å². The fourth-order valence-electron chi connectivity index (χ4n) is 4.18. The van der Waals surface area contributed by atoms with E-state index in [-0.39, 0.29) is 11.5 Å². The van der Waals surface area contributed by atoms with Gasteiger partial charge in [-0.15, -0.1) is 0 Å². The lowest BCUT2D eigenvalue weighted by Crippen LogP contribution is -2.23. The zero-order chi connectivity index (χ0) is 29.7. The molecule has 0 heterocycles. The van der Waals surface area contributed by atoms with Crippen molar-refractivity contribution in [3.05, 3.63) is 124 Å². The summed E-state index contributed by atoms with van der Waals surface area (Å²) < 4.78 is 5.85. The van der Waals surface area contributed by atoms with E-state index in [1.54, 1.807) is 49.6 Å². The lowest BCUT2D eigenvalue weighted by molar-refractivity contribution is 0.0956. The quantitative estimate of drug-likeness (QED) is 0.0947. The molecule has 4 rings (SSSR count). The van der Waals surface area contributed by atoms with Crippen molar-refractivity contribution in [2.45, 2.75) is 13.0 Å². The number of hydrogen-bond donors (Lipinski definition) is 3. The Hall–Kier alpha value is -4.47. The molecule has 42 heavy (non-hydrogen) atoms. The molecule has 0 spiro atoms. The molecule has 0 bridgehead atoms. The van der Waals surface area contributed by atoms with Gasteiger partial charge in [0.1, 0.15) is 5.75 Å². The second kappa shape index (κ2) is 15.5. The molecule has 0 fully saturated rings. The SMILES string of the molecule is COc1ccc(/C=N/NC(=O)c2cc(Br)ccc2NC(=O)c2ccc(CNCCCN(C)c3ccccc3)cc2)cc1. The van der Waals surface area contributed by atoms with Crippen LogP contribution in [0.2, 0.25) is 0 Å². The van der Waals surface area contributed by atoms with Crippen LogP contribution < -0.4 is 25.7 Å². The molecular weight excluding hydrogens is 594 g/mol. The topological polar surface area (TPSA) is 95.1 Å². The van der Waals surface area contributed by atoms with Crippen molar-refractivity contribution >= 4 is 45.3 Å². The molecule has 0 saturated heterocycles. The molecule has 0 aliphatic heterocycles. The van der Waals surface area contributed by atoms with Crippen LogP contribution in [0, 0.1) is 0 Å². The van der Waals surface area contributed by atoms with Crippen LogP contribution in [0.15, 0.2) is 107 Å². The number of hydrogen-bond acceptors (Lipinski definition) is 6. The highest BCUT2D eigenvalue weighted by Crippen LogP contribution is 2.22. The predicted molar refractivity (Wildman–Crippen MR) is 173 cm³/mol. The molecule has 216 valence electrons. The van der Waals surface area contributed by atoms with E-state index in [1.807, 2.05) is 42.5 Å². The van der Waals surface area contributed by atoms with Gasteiger partial charge in [0.25, 0.3) is 11.8 Å². The van der Waals surface area contributed by atoms with Crippen molar-refractivity contribution in [2.24, 2.45) is 5.10 Å². The summed E-state index contributed by atoms with van der Waals surface area (Å²) in [5, 5.41) is 10.4. The number of halogens is 1. The van der Waals surface area contributed by atoms with Crippen molar-refractivity contribution < 1.29 is 14.3 Å². The minimum atomic E-state index is -0.451. The Balaban J connectivity index is 1.27. The number of benzene rings is 4. The van der Waals surface area contributed by atoms with Gasteiger partial charge in [0.05, 0.1) is 24.6 Å². The van der Waals surface area contributed by atoms with Crippen LogP contribution in [0.4, 0.5) is 11.4 Å². The second-order valence-electron chi connectivity index (χ2n) is 9.60. The van der Waals surface area contributed by atoms with Crippen molar-refractivity contribution in [3.63, 3.8) is 0 Å². The summed E-state index contributed by atoms with van der Waals surface area (Å²) in [6.07, 6.45) is 2.55. The fraction of sp³-hybridized carbons (Fsp3) is 0.182. The molecule has 4 aromatic rings. The second-order valence-corrected chi connectivity index (χ2v) is 10.5. The lowest BCUT2D eigenvalue weighted by atomic mass is 10.1. The highest BCUT2D eigenvalue weighted by atomic mass is 79.9. The van der Waals surface area contributed by atoms with Gasteiger partial charge in [0, 0.05) is 35.9 Å². The molecule has 0 aliphatic carbocycles. The number of carbonyl (C=O) groups excluding carboxylic acids is 2. The smallest absolute Gasteiger partial charge is 0.273 e. The van der Waals surface area contributed by atoms with Crippen LogP contribution >= 0.6 is 15.9 Å². The van der Waals surface area contributed by atoms with Gasteiger partial charge < -0.3 is 20.3 Å². The summed E-state index contributed by atoms with van der Waals surface area (Å²) in [4.78, 5) is 28.1. The molecule has 3 N–H and O–H groups in total. The van der Waals surface area contributed by atoms with Crippen molar-refractivity contribution in [1.82, 2.24) is 10.7 Å². The number of anilines is 2. The third-order valence-electron chi connectivity index (χ3n) is 6.56. The largest absolute Gasteiger partial charge is 0.497 e. The number of ether oxygens (including phenoxy) is 1. The average Bonchev–Trinajstić information content (AvgIpc) is 3.02. The summed E-state index contributed by atoms with van der Waals surface area (Å²) in [6, 6.07) is 30.1. The molecule has 2 amide bonds. The summed E-state index contributed by atoms with van der Waals surface area (Å²) in [5.41, 5.74) is 6.77. The van der Waals surface area contributed by atoms with Crippen LogP contribution in [0.5, 0.6) is 5.75 Å². The van der Waals surface area contributed by atoms with E-state index in [1.165, 1.54) is 11.9 Å². The summed E-state index contributed by atoms with van der Waals surface area (Å²) in [7, 11) is 3.70. The summed E-state index contributed by atoms with van der Waals surface area (Å²) in [6.45, 7) is 2.56. The molecule has 0 radical (unpaired) electrons. The number of para-hydroxylation sites is 1. The number of methoxy groups -OCH3 is 1. The maximum absolute atomic E-state index is 13.0. The first-order valence-electron chi connectivity index (χ1n) is 13.6. The van der Waals surface area contributed by atoms with Gasteiger partial charge in [-0.2, -0.15) is 5.10 Å². The van der Waals surface area contributed by atoms with Gasteiger partial charge in [-0.05, 0) is 90.8 Å². The van der Waals surface area contributed by atoms with E-state index in [0.29, 0.717) is 22.3 Å². The Labute approximate surface area is 254 Å². The predicted octanol–water partition coefficient (Wildman–Crippen LogP) is 6.09. The molecule has 0 unspecified atom stereocenters. The average molecular weight is 629 g/mol. The van der Waals surface area contributed by atoms with Crippen LogP contribution in [0.3, 0.4) is 0 Å². The van der Waals surface area contributed by atoms with Crippen LogP contribution in [0.1, 0.15) is 38.3 Å². The zero-order valence-electron chi connectivity index (χ0n) is 23.6. The highest BCUT2D eigenvalue weighted by Gasteiger charge is 2.15. The number of nitrogens with one attached hydrogen (secondary N) is 3. The van der Waals surface area contributed by atoms with Crippen molar-refractivity contribution in [1.29, 1.82) is 0 Å². The van der Waals surface area contributed by atoms with Gasteiger partial charge in [-0.25, -0.2) is 5.43 Å². The van der Waals surface area contributed by atoms with Crippen LogP contribution in [-0.4, -0.2) is 45.3 Å². The molecule has 0 saturated carbocycles. The first-order chi connectivity index (χ1) is 20.4. The molecule has 0 atom stereocenters. The molecule has 9 heteroatoms. The van der Waals surface area contributed by atoms with E-state index in [0.717, 1.165) is 36.4 Å². The third kappa shape index (κ3) is 9.02. The summed E-state index contributed by atoms with van der Waals surface area (Å²) >= 11 is 3.40. The minimum absolute atomic E-state index is 0.281. The fourth-order valence-corrected chi connectivity index (χ4v) is 4.54. The number of amides is 2. The van der Waals surface area contributed by atoms with E-state index in [9.17, 15) is 9.59 Å². The first-order valence-corrected chi connectivity index (χ1v) is 14.4. The van der Waals surface area contributed by atoms with E-state index in [4.69, 9.17) is 4.74 Å². The number of carbonyl (C=O) groups is 2. The Morgan fingerprint density at radius 1 is 0.929 bits per heavy atom. The number of hydrazone groups is 1. The standard InChI is InChI=1S/C33H34BrN5O3/c1-39(28-7-4-3-5-8-28)20-6-19-35-22-24-9-13-26(14-10-24)32(40)37-31-18-15-27(34)21-30(31)33(41)38-36-23-25-11-16-29(42-2)17-12-25/h3-5,7-18,21,23,35H,6,19-20,22H2,1-2H3,(H,37,40)(H,38,41)/b36-23+. The van der Waals surface area contributed by atoms with Gasteiger partial charge in [-0.1, -0.05) is 46.3 Å². The number of nitrogens with zero attached hydrogens (tertiary/aromatic N) is 2. The first kappa shape index (κ1) is 30.5. The maximum Gasteiger partial charge on any atom is 0.273 e. The molecule has 0 aliphatic rings. The maximum atomic E-state index is 13.0. The van der Waals surface area contributed by atoms with E-state index in [2.05, 4.69) is 61.2 Å². The molecular formula is C33H34BrN5O3. The highest BCUT2D eigenvalue weighted by molar-refractivity contribution is 9.10. The minimum Gasteiger partial charge on any atom is -0.497 e. The van der Waals surface area contributed by atoms with Crippen LogP contribution in [0.25, 0.3) is 0 Å².